The van der Waals surface area contributed by atoms with E-state index in [4.69, 9.17) is 15.9 Å². The van der Waals surface area contributed by atoms with Gasteiger partial charge in [0.05, 0.1) is 5.56 Å². The Labute approximate surface area is 104 Å². The molecule has 2 rings (SSSR count). The molecule has 1 heterocycles. The van der Waals surface area contributed by atoms with Crippen molar-refractivity contribution in [2.75, 3.05) is 0 Å². The molecule has 18 heavy (non-hydrogen) atoms. The number of hydrogen-bond donors (Lipinski definition) is 2. The number of benzene rings is 1. The summed E-state index contributed by atoms with van der Waals surface area (Å²) in [5.41, 5.74) is 6.24. The van der Waals surface area contributed by atoms with Crippen LogP contribution in [0.2, 0.25) is 0 Å². The van der Waals surface area contributed by atoms with E-state index in [-0.39, 0.29) is 23.8 Å². The summed E-state index contributed by atoms with van der Waals surface area (Å²) in [7, 11) is 0. The summed E-state index contributed by atoms with van der Waals surface area (Å²) in [5.74, 6) is -0.646. The van der Waals surface area contributed by atoms with E-state index in [2.05, 4.69) is 4.98 Å². The maximum Gasteiger partial charge on any atom is 0.137 e. The summed E-state index contributed by atoms with van der Waals surface area (Å²) in [5, 5.41) is 7.35. The van der Waals surface area contributed by atoms with Crippen LogP contribution in [0.1, 0.15) is 11.1 Å². The molecule has 5 heteroatoms. The van der Waals surface area contributed by atoms with Crippen LogP contribution in [0.15, 0.2) is 42.7 Å². The molecule has 0 fully saturated rings. The molecule has 0 saturated carbocycles. The Kier molecular flexibility index (Phi) is 3.52. The van der Waals surface area contributed by atoms with Crippen molar-refractivity contribution in [1.29, 1.82) is 5.41 Å². The van der Waals surface area contributed by atoms with E-state index >= 15 is 0 Å². The quantitative estimate of drug-likeness (QED) is 0.640. The van der Waals surface area contributed by atoms with Gasteiger partial charge in [-0.05, 0) is 29.8 Å². The van der Waals surface area contributed by atoms with E-state index < -0.39 is 5.82 Å². The molecule has 0 amide bonds. The molecule has 0 atom stereocenters. The van der Waals surface area contributed by atoms with E-state index in [1.165, 1.54) is 12.1 Å². The summed E-state index contributed by atoms with van der Waals surface area (Å²) < 4.78 is 19.0. The second kappa shape index (κ2) is 5.27. The van der Waals surface area contributed by atoms with Gasteiger partial charge in [0.2, 0.25) is 0 Å². The van der Waals surface area contributed by atoms with Crippen molar-refractivity contribution >= 4 is 5.84 Å². The minimum absolute atomic E-state index is 0.00782. The average Bonchev–Trinajstić information content (AvgIpc) is 2.37. The molecular formula is C13H12FN3O. The number of nitrogens with zero attached hydrogens (tertiary/aromatic N) is 1. The highest BCUT2D eigenvalue weighted by Crippen LogP contribution is 2.21. The number of nitrogen functional groups attached to an aromatic ring is 1. The van der Waals surface area contributed by atoms with Crippen LogP contribution in [-0.4, -0.2) is 10.8 Å². The van der Waals surface area contributed by atoms with Crippen LogP contribution in [0, 0.1) is 11.2 Å². The van der Waals surface area contributed by atoms with Gasteiger partial charge in [0.1, 0.15) is 24.0 Å². The van der Waals surface area contributed by atoms with Gasteiger partial charge in [-0.15, -0.1) is 0 Å². The maximum absolute atomic E-state index is 13.5. The Balaban J connectivity index is 2.20. The van der Waals surface area contributed by atoms with Crippen molar-refractivity contribution in [3.63, 3.8) is 0 Å². The Morgan fingerprint density at radius 1 is 1.28 bits per heavy atom. The van der Waals surface area contributed by atoms with E-state index in [1.807, 2.05) is 0 Å². The molecule has 0 saturated heterocycles. The summed E-state index contributed by atoms with van der Waals surface area (Å²) in [6.07, 6.45) is 3.30. The molecule has 0 aliphatic carbocycles. The Bertz CT molecular complexity index is 557. The first-order chi connectivity index (χ1) is 8.68. The number of amidine groups is 1. The van der Waals surface area contributed by atoms with Crippen LogP contribution in [0.25, 0.3) is 0 Å². The second-order valence-corrected chi connectivity index (χ2v) is 3.67. The highest BCUT2D eigenvalue weighted by molar-refractivity contribution is 5.97. The third-order valence-corrected chi connectivity index (χ3v) is 2.39. The molecule has 0 unspecified atom stereocenters. The molecule has 0 bridgehead atoms. The molecule has 4 nitrogen and oxygen atoms in total. The summed E-state index contributed by atoms with van der Waals surface area (Å²) in [6, 6.07) is 7.94. The fraction of sp³-hybridized carbons (Fsp3) is 0.0769. The second-order valence-electron chi connectivity index (χ2n) is 3.67. The lowest BCUT2D eigenvalue weighted by atomic mass is 10.1. The van der Waals surface area contributed by atoms with Gasteiger partial charge in [0, 0.05) is 12.4 Å². The molecular weight excluding hydrogens is 233 g/mol. The van der Waals surface area contributed by atoms with Gasteiger partial charge in [-0.2, -0.15) is 0 Å². The first-order valence-corrected chi connectivity index (χ1v) is 5.33. The SMILES string of the molecule is N=C(N)c1c(F)cccc1OCc1ccncc1. The van der Waals surface area contributed by atoms with Gasteiger partial charge in [0.15, 0.2) is 0 Å². The Morgan fingerprint density at radius 2 is 2.00 bits per heavy atom. The maximum atomic E-state index is 13.5. The highest BCUT2D eigenvalue weighted by Gasteiger charge is 2.12. The summed E-state index contributed by atoms with van der Waals surface area (Å²) in [4.78, 5) is 3.89. The first-order valence-electron chi connectivity index (χ1n) is 5.33. The van der Waals surface area contributed by atoms with Crippen molar-refractivity contribution in [1.82, 2.24) is 4.98 Å². The zero-order valence-corrected chi connectivity index (χ0v) is 9.56. The zero-order chi connectivity index (χ0) is 13.0. The molecule has 92 valence electrons. The number of ether oxygens (including phenoxy) is 1. The van der Waals surface area contributed by atoms with E-state index in [9.17, 15) is 4.39 Å². The average molecular weight is 245 g/mol. The lowest BCUT2D eigenvalue weighted by Crippen LogP contribution is -2.15. The fourth-order valence-corrected chi connectivity index (χ4v) is 1.53. The molecule has 0 aliphatic heterocycles. The standard InChI is InChI=1S/C13H12FN3O/c14-10-2-1-3-11(12(10)13(15)16)18-8-9-4-6-17-7-5-9/h1-7H,8H2,(H3,15,16). The van der Waals surface area contributed by atoms with Gasteiger partial charge < -0.3 is 10.5 Å². The minimum atomic E-state index is -0.560. The van der Waals surface area contributed by atoms with Gasteiger partial charge >= 0.3 is 0 Å². The number of pyridine rings is 1. The minimum Gasteiger partial charge on any atom is -0.488 e. The van der Waals surface area contributed by atoms with Gasteiger partial charge in [0.25, 0.3) is 0 Å². The number of rotatable bonds is 4. The summed E-state index contributed by atoms with van der Waals surface area (Å²) >= 11 is 0. The van der Waals surface area contributed by atoms with Crippen LogP contribution in [0.5, 0.6) is 5.75 Å². The zero-order valence-electron chi connectivity index (χ0n) is 9.56. The molecule has 0 aliphatic rings. The number of halogens is 1. The van der Waals surface area contributed by atoms with Crippen LogP contribution in [-0.2, 0) is 6.61 Å². The van der Waals surface area contributed by atoms with E-state index in [1.54, 1.807) is 30.6 Å². The van der Waals surface area contributed by atoms with Crippen LogP contribution >= 0.6 is 0 Å². The van der Waals surface area contributed by atoms with Crippen LogP contribution in [0.3, 0.4) is 0 Å². The third-order valence-electron chi connectivity index (χ3n) is 2.39. The lowest BCUT2D eigenvalue weighted by molar-refractivity contribution is 0.303. The van der Waals surface area contributed by atoms with Crippen LogP contribution in [0.4, 0.5) is 4.39 Å². The summed E-state index contributed by atoms with van der Waals surface area (Å²) in [6.45, 7) is 0.270. The lowest BCUT2D eigenvalue weighted by Gasteiger charge is -2.11. The number of nitrogens with one attached hydrogen (secondary N) is 1. The molecule has 0 radical (unpaired) electrons. The van der Waals surface area contributed by atoms with Crippen molar-refractivity contribution in [2.45, 2.75) is 6.61 Å². The van der Waals surface area contributed by atoms with Crippen molar-refractivity contribution < 1.29 is 9.13 Å². The van der Waals surface area contributed by atoms with Crippen molar-refractivity contribution in [3.05, 3.63) is 59.7 Å². The monoisotopic (exact) mass is 245 g/mol. The van der Waals surface area contributed by atoms with Gasteiger partial charge in [-0.3, -0.25) is 10.4 Å². The van der Waals surface area contributed by atoms with E-state index in [0.717, 1.165) is 5.56 Å². The molecule has 0 spiro atoms. The Hall–Kier alpha value is -2.43. The smallest absolute Gasteiger partial charge is 0.137 e. The van der Waals surface area contributed by atoms with Crippen LogP contribution < -0.4 is 10.5 Å². The number of nitrogens with two attached hydrogens (primary N) is 1. The topological polar surface area (TPSA) is 72.0 Å². The normalized spacial score (nSPS) is 10.1. The number of aromatic nitrogens is 1. The largest absolute Gasteiger partial charge is 0.488 e. The van der Waals surface area contributed by atoms with E-state index in [0.29, 0.717) is 0 Å². The van der Waals surface area contributed by atoms with Crippen molar-refractivity contribution in [3.8, 4) is 5.75 Å². The fourth-order valence-electron chi connectivity index (χ4n) is 1.53. The van der Waals surface area contributed by atoms with Gasteiger partial charge in [-0.1, -0.05) is 6.07 Å². The third kappa shape index (κ3) is 2.63. The molecule has 3 N–H and O–H groups in total. The van der Waals surface area contributed by atoms with Crippen molar-refractivity contribution in [2.24, 2.45) is 5.73 Å². The Morgan fingerprint density at radius 3 is 2.67 bits per heavy atom. The van der Waals surface area contributed by atoms with Gasteiger partial charge in [-0.25, -0.2) is 4.39 Å². The molecule has 2 aromatic rings. The molecule has 1 aromatic heterocycles. The highest BCUT2D eigenvalue weighted by atomic mass is 19.1. The first kappa shape index (κ1) is 12.0. The number of hydrogen-bond acceptors (Lipinski definition) is 3. The predicted octanol–water partition coefficient (Wildman–Crippen LogP) is 2.08. The predicted molar refractivity (Wildman–Crippen MR) is 66.0 cm³/mol. The molecule has 1 aromatic carbocycles.